The minimum absolute atomic E-state index is 0.723. The molecule has 1 saturated carbocycles. The van der Waals surface area contributed by atoms with Gasteiger partial charge >= 0.3 is 0 Å². The van der Waals surface area contributed by atoms with Crippen molar-refractivity contribution in [3.8, 4) is 0 Å². The molecule has 0 amide bonds. The summed E-state index contributed by atoms with van der Waals surface area (Å²) in [6.07, 6.45) is 6.95. The van der Waals surface area contributed by atoms with Crippen molar-refractivity contribution in [2.45, 2.75) is 76.3 Å². The summed E-state index contributed by atoms with van der Waals surface area (Å²) in [7, 11) is 0. The van der Waals surface area contributed by atoms with E-state index in [1.807, 2.05) is 0 Å². The van der Waals surface area contributed by atoms with Crippen LogP contribution in [0.3, 0.4) is 0 Å². The van der Waals surface area contributed by atoms with E-state index in [1.54, 1.807) is 0 Å². The summed E-state index contributed by atoms with van der Waals surface area (Å²) < 4.78 is 0. The fourth-order valence-corrected chi connectivity index (χ4v) is 4.93. The van der Waals surface area contributed by atoms with E-state index in [0.29, 0.717) is 0 Å². The summed E-state index contributed by atoms with van der Waals surface area (Å²) in [5.41, 5.74) is 0. The number of hydrogen-bond donors (Lipinski definition) is 1. The molecule has 0 radical (unpaired) electrons. The minimum atomic E-state index is 0.723. The van der Waals surface area contributed by atoms with Crippen molar-refractivity contribution >= 4 is 11.8 Å². The zero-order chi connectivity index (χ0) is 13.0. The molecule has 1 saturated heterocycles. The van der Waals surface area contributed by atoms with E-state index >= 15 is 0 Å². The van der Waals surface area contributed by atoms with Crippen molar-refractivity contribution in [2.75, 3.05) is 18.8 Å². The second-order valence-corrected chi connectivity index (χ2v) is 7.45. The van der Waals surface area contributed by atoms with Crippen molar-refractivity contribution in [3.63, 3.8) is 0 Å². The first kappa shape index (κ1) is 14.7. The lowest BCUT2D eigenvalue weighted by Gasteiger charge is -2.44. The Morgan fingerprint density at radius 3 is 2.83 bits per heavy atom. The van der Waals surface area contributed by atoms with E-state index in [4.69, 9.17) is 0 Å². The first-order valence-electron chi connectivity index (χ1n) is 7.87. The monoisotopic (exact) mass is 270 g/mol. The van der Waals surface area contributed by atoms with E-state index in [9.17, 15) is 0 Å². The van der Waals surface area contributed by atoms with E-state index in [0.717, 1.165) is 23.4 Å². The highest BCUT2D eigenvalue weighted by Crippen LogP contribution is 2.35. The Balaban J connectivity index is 1.95. The second-order valence-electron chi connectivity index (χ2n) is 5.93. The number of rotatable bonds is 5. The fraction of sp³-hybridized carbons (Fsp3) is 1.00. The van der Waals surface area contributed by atoms with Gasteiger partial charge in [-0.15, -0.1) is 0 Å². The highest BCUT2D eigenvalue weighted by Gasteiger charge is 2.37. The van der Waals surface area contributed by atoms with Crippen LogP contribution >= 0.6 is 11.8 Å². The summed E-state index contributed by atoms with van der Waals surface area (Å²) in [5, 5.41) is 4.62. The Kier molecular flexibility index (Phi) is 5.84. The fourth-order valence-electron chi connectivity index (χ4n) is 3.65. The largest absolute Gasteiger partial charge is 0.311 e. The zero-order valence-electron chi connectivity index (χ0n) is 12.3. The Bertz CT molecular complexity index is 247. The first-order valence-corrected chi connectivity index (χ1v) is 8.91. The van der Waals surface area contributed by atoms with Gasteiger partial charge < -0.3 is 5.32 Å². The molecule has 1 aliphatic carbocycles. The van der Waals surface area contributed by atoms with Crippen molar-refractivity contribution in [3.05, 3.63) is 0 Å². The van der Waals surface area contributed by atoms with E-state index in [1.165, 1.54) is 50.9 Å². The molecule has 0 aromatic rings. The Morgan fingerprint density at radius 2 is 2.11 bits per heavy atom. The topological polar surface area (TPSA) is 15.3 Å². The maximum Gasteiger partial charge on any atom is 0.0218 e. The van der Waals surface area contributed by atoms with Gasteiger partial charge in [0.25, 0.3) is 0 Å². The summed E-state index contributed by atoms with van der Waals surface area (Å²) >= 11 is 2.20. The molecule has 1 aliphatic heterocycles. The molecule has 4 unspecified atom stereocenters. The average molecular weight is 270 g/mol. The van der Waals surface area contributed by atoms with Crippen LogP contribution in [0.2, 0.25) is 0 Å². The van der Waals surface area contributed by atoms with Crippen LogP contribution in [0.25, 0.3) is 0 Å². The summed E-state index contributed by atoms with van der Waals surface area (Å²) in [6.45, 7) is 9.47. The van der Waals surface area contributed by atoms with Crippen LogP contribution < -0.4 is 5.32 Å². The highest BCUT2D eigenvalue weighted by atomic mass is 32.2. The van der Waals surface area contributed by atoms with E-state index in [2.05, 4.69) is 42.7 Å². The van der Waals surface area contributed by atoms with Crippen molar-refractivity contribution < 1.29 is 0 Å². The van der Waals surface area contributed by atoms with Gasteiger partial charge in [0, 0.05) is 36.5 Å². The quantitative estimate of drug-likeness (QED) is 0.826. The molecule has 3 heteroatoms. The molecule has 2 nitrogen and oxygen atoms in total. The third kappa shape index (κ3) is 3.43. The van der Waals surface area contributed by atoms with Crippen LogP contribution in [0.5, 0.6) is 0 Å². The van der Waals surface area contributed by atoms with Crippen LogP contribution in [0.15, 0.2) is 0 Å². The van der Waals surface area contributed by atoms with E-state index < -0.39 is 0 Å². The molecule has 4 atom stereocenters. The van der Waals surface area contributed by atoms with Gasteiger partial charge in [0.2, 0.25) is 0 Å². The van der Waals surface area contributed by atoms with Gasteiger partial charge in [0.15, 0.2) is 0 Å². The van der Waals surface area contributed by atoms with Crippen molar-refractivity contribution in [1.29, 1.82) is 0 Å². The van der Waals surface area contributed by atoms with Gasteiger partial charge in [-0.25, -0.2) is 0 Å². The lowest BCUT2D eigenvalue weighted by Crippen LogP contribution is -2.59. The molecular weight excluding hydrogens is 240 g/mol. The van der Waals surface area contributed by atoms with Crippen LogP contribution in [-0.2, 0) is 0 Å². The number of thioether (sulfide) groups is 1. The molecule has 1 N–H and O–H groups in total. The van der Waals surface area contributed by atoms with Crippen LogP contribution in [0, 0.1) is 0 Å². The van der Waals surface area contributed by atoms with E-state index in [-0.39, 0.29) is 0 Å². The van der Waals surface area contributed by atoms with Crippen LogP contribution in [-0.4, -0.2) is 47.1 Å². The van der Waals surface area contributed by atoms with Crippen molar-refractivity contribution in [2.24, 2.45) is 0 Å². The molecular formula is C15H30N2S. The highest BCUT2D eigenvalue weighted by molar-refractivity contribution is 7.99. The summed E-state index contributed by atoms with van der Waals surface area (Å²) in [5.74, 6) is 1.28. The Morgan fingerprint density at radius 1 is 1.28 bits per heavy atom. The molecule has 2 aliphatic rings. The third-order valence-electron chi connectivity index (χ3n) is 4.56. The normalized spacial score (nSPS) is 38.2. The standard InChI is InChI=1S/C15H30N2S/c1-4-7-13-11-17(12(3)10-16-13)14-8-6-9-15(14)18-5-2/h12-16H,4-11H2,1-3H3. The second kappa shape index (κ2) is 7.16. The Hall–Kier alpha value is 0.270. The van der Waals surface area contributed by atoms with Crippen LogP contribution in [0.1, 0.15) is 52.9 Å². The Labute approximate surface area is 117 Å². The maximum atomic E-state index is 3.72. The van der Waals surface area contributed by atoms with Gasteiger partial charge in [0.1, 0.15) is 0 Å². The van der Waals surface area contributed by atoms with Gasteiger partial charge in [-0.05, 0) is 31.9 Å². The molecule has 2 rings (SSSR count). The lowest BCUT2D eigenvalue weighted by atomic mass is 10.0. The van der Waals surface area contributed by atoms with Gasteiger partial charge in [-0.2, -0.15) is 11.8 Å². The molecule has 0 aromatic heterocycles. The van der Waals surface area contributed by atoms with Gasteiger partial charge in [-0.3, -0.25) is 4.90 Å². The number of nitrogens with one attached hydrogen (secondary N) is 1. The summed E-state index contributed by atoms with van der Waals surface area (Å²) in [4.78, 5) is 2.83. The van der Waals surface area contributed by atoms with Gasteiger partial charge in [-0.1, -0.05) is 26.7 Å². The molecule has 18 heavy (non-hydrogen) atoms. The average Bonchev–Trinajstić information content (AvgIpc) is 2.81. The van der Waals surface area contributed by atoms with Gasteiger partial charge in [0.05, 0.1) is 0 Å². The molecule has 106 valence electrons. The molecule has 0 aromatic carbocycles. The smallest absolute Gasteiger partial charge is 0.0218 e. The maximum absolute atomic E-state index is 3.72. The first-order chi connectivity index (χ1) is 8.76. The molecule has 0 spiro atoms. The van der Waals surface area contributed by atoms with Crippen molar-refractivity contribution in [1.82, 2.24) is 10.2 Å². The SMILES string of the molecule is CCCC1CN(C2CCCC2SCC)C(C)CN1. The number of piperazine rings is 1. The minimum Gasteiger partial charge on any atom is -0.311 e. The lowest BCUT2D eigenvalue weighted by molar-refractivity contribution is 0.0927. The third-order valence-corrected chi connectivity index (χ3v) is 5.87. The number of hydrogen-bond acceptors (Lipinski definition) is 3. The molecule has 0 bridgehead atoms. The predicted octanol–water partition coefficient (Wildman–Crippen LogP) is 3.12. The number of nitrogens with zero attached hydrogens (tertiary/aromatic N) is 1. The summed E-state index contributed by atoms with van der Waals surface area (Å²) in [6, 6.07) is 2.31. The molecule has 1 heterocycles. The van der Waals surface area contributed by atoms with Crippen LogP contribution in [0.4, 0.5) is 0 Å². The zero-order valence-corrected chi connectivity index (χ0v) is 13.1. The molecule has 2 fully saturated rings. The predicted molar refractivity (Wildman–Crippen MR) is 82.4 cm³/mol.